The van der Waals surface area contributed by atoms with E-state index in [1.165, 1.54) is 30.4 Å². The van der Waals surface area contributed by atoms with E-state index in [1.54, 1.807) is 22.8 Å². The third kappa shape index (κ3) is 18.2. The summed E-state index contributed by atoms with van der Waals surface area (Å²) in [7, 11) is 0. The van der Waals surface area contributed by atoms with Gasteiger partial charge in [0.15, 0.2) is 11.5 Å². The Morgan fingerprint density at radius 3 is 2.17 bits per heavy atom. The molecule has 13 unspecified atom stereocenters. The van der Waals surface area contributed by atoms with Crippen LogP contribution < -0.4 is 76.1 Å². The number of hydrogen-bond acceptors (Lipinski definition) is 25. The normalized spacial score (nSPS) is 24.8. The maximum absolute atomic E-state index is 14.7. The number of primary amides is 1. The summed E-state index contributed by atoms with van der Waals surface area (Å²) in [5.74, 6) is -11.3. The Hall–Kier alpha value is -7.13. The number of aliphatic hydroxyl groups excluding tert-OH is 7. The van der Waals surface area contributed by atoms with Crippen molar-refractivity contribution in [3.63, 3.8) is 0 Å². The first kappa shape index (κ1) is 73.3. The van der Waals surface area contributed by atoms with E-state index in [0.717, 1.165) is 71.9 Å². The summed E-state index contributed by atoms with van der Waals surface area (Å²) >= 11 is 1.19. The second kappa shape index (κ2) is 33.3. The van der Waals surface area contributed by atoms with Crippen molar-refractivity contribution in [3.05, 3.63) is 84.1 Å². The number of unbranched alkanes of at least 4 members (excludes halogenated alkanes) is 3. The van der Waals surface area contributed by atoms with Crippen LogP contribution in [0.5, 0.6) is 17.2 Å². The van der Waals surface area contributed by atoms with Crippen molar-refractivity contribution < 1.29 is 132 Å². The zero-order chi connectivity index (χ0) is 66.7. The quantitative estimate of drug-likeness (QED) is 0.0107. The van der Waals surface area contributed by atoms with Gasteiger partial charge in [0.25, 0.3) is 18.2 Å². The Bertz CT molecular complexity index is 3410. The molecular formula is C58H72N11NaO21S2. The van der Waals surface area contributed by atoms with E-state index in [1.807, 2.05) is 24.3 Å². The number of phenolic OH excluding ortho intramolecular Hbond substituents is 1. The van der Waals surface area contributed by atoms with Crippen LogP contribution in [-0.4, -0.2) is 212 Å². The second-order valence-electron chi connectivity index (χ2n) is 22.6. The predicted molar refractivity (Wildman–Crippen MR) is 320 cm³/mol. The van der Waals surface area contributed by atoms with E-state index in [-0.39, 0.29) is 53.0 Å². The fraction of sp³-hybridized carbons (Fsp3) is 0.483. The summed E-state index contributed by atoms with van der Waals surface area (Å²) in [6.07, 6.45) is -10.1. The monoisotopic (exact) mass is 1350 g/mol. The van der Waals surface area contributed by atoms with Gasteiger partial charge < -0.3 is 97.1 Å². The molecule has 3 aromatic carbocycles. The number of aromatic nitrogens is 3. The third-order valence-electron chi connectivity index (χ3n) is 15.8. The average molecular weight is 1350 g/mol. The molecule has 0 bridgehead atoms. The number of imidazole rings is 1. The van der Waals surface area contributed by atoms with Crippen LogP contribution in [0.2, 0.25) is 0 Å². The van der Waals surface area contributed by atoms with Crippen molar-refractivity contribution in [1.82, 2.24) is 51.0 Å². The number of aromatic hydroxyl groups is 1. The molecule has 8 rings (SSSR count). The van der Waals surface area contributed by atoms with Gasteiger partial charge in [-0.1, -0.05) is 62.6 Å². The Labute approximate surface area is 561 Å². The average Bonchev–Trinajstić information content (AvgIpc) is 1.78. The van der Waals surface area contributed by atoms with Crippen LogP contribution in [0.15, 0.2) is 72.9 Å². The van der Waals surface area contributed by atoms with Gasteiger partial charge in [-0.15, -0.1) is 4.33 Å². The van der Waals surface area contributed by atoms with E-state index in [0.29, 0.717) is 27.8 Å². The molecule has 3 aliphatic rings. The number of nitrogens with zero attached hydrogens (tertiary/aromatic N) is 5. The molecule has 2 aromatic heterocycles. The SMILES string of the molecule is CCCCCCOc1ccc(-c2cn3nc(-c4ccc(C(=O)N[C@H]5CC(O)CNC(=O)C6C(O)C(C)CN6C(=O)C(C(O)CC(N)=O)NC(=O)C(C(O)C(O)c6ccc(O)c(OSOO[O-])c6)NC(=O)C6CC(O)CN6C(=O)C(C(C)O)NC5=O)cc4)sc3n2)cc1.[Na+]. The van der Waals surface area contributed by atoms with Crippen molar-refractivity contribution in [3.8, 4) is 39.1 Å². The van der Waals surface area contributed by atoms with Crippen LogP contribution in [-0.2, 0) is 42.9 Å². The number of amides is 8. The molecule has 32 nitrogen and oxygen atoms in total. The van der Waals surface area contributed by atoms with E-state index in [4.69, 9.17) is 19.6 Å². The minimum Gasteiger partial charge on any atom is -0.691 e. The number of ether oxygens (including phenoxy) is 1. The molecule has 3 fully saturated rings. The van der Waals surface area contributed by atoms with E-state index >= 15 is 0 Å². The van der Waals surface area contributed by atoms with Crippen LogP contribution in [0.25, 0.3) is 26.8 Å². The van der Waals surface area contributed by atoms with Gasteiger partial charge in [-0.05, 0) is 67.4 Å². The summed E-state index contributed by atoms with van der Waals surface area (Å²) in [5, 5.41) is 121. The number of rotatable bonds is 21. The smallest absolute Gasteiger partial charge is 0.691 e. The van der Waals surface area contributed by atoms with Gasteiger partial charge >= 0.3 is 29.6 Å². The van der Waals surface area contributed by atoms with Crippen LogP contribution in [0.3, 0.4) is 0 Å². The number of carbonyl (C=O) groups excluding carboxylic acids is 8. The Morgan fingerprint density at radius 1 is 0.828 bits per heavy atom. The summed E-state index contributed by atoms with van der Waals surface area (Å²) in [5.41, 5.74) is 7.13. The number of carbonyl (C=O) groups is 8. The first-order valence-electron chi connectivity index (χ1n) is 29.4. The molecule has 0 aliphatic carbocycles. The van der Waals surface area contributed by atoms with Gasteiger partial charge in [0.1, 0.15) is 59.2 Å². The van der Waals surface area contributed by atoms with Gasteiger partial charge in [0.05, 0.1) is 55.4 Å². The summed E-state index contributed by atoms with van der Waals surface area (Å²) in [6, 6.07) is 4.18. The molecule has 0 saturated carbocycles. The summed E-state index contributed by atoms with van der Waals surface area (Å²) < 4.78 is 16.6. The largest absolute Gasteiger partial charge is 1.00 e. The number of phenols is 1. The molecule has 3 saturated heterocycles. The Kier molecular flexibility index (Phi) is 26.2. The van der Waals surface area contributed by atoms with Crippen molar-refractivity contribution in [1.29, 1.82) is 0 Å². The maximum atomic E-state index is 14.7. The van der Waals surface area contributed by atoms with E-state index in [9.17, 15) is 84.5 Å². The number of nitrogens with one attached hydrogen (secondary N) is 5. The van der Waals surface area contributed by atoms with Gasteiger partial charge in [0.2, 0.25) is 46.3 Å². The van der Waals surface area contributed by atoms with Crippen molar-refractivity contribution in [2.75, 3.05) is 26.2 Å². The van der Waals surface area contributed by atoms with Crippen LogP contribution in [0, 0.1) is 5.92 Å². The Balaban J connectivity index is 0.0000123. The fourth-order valence-corrected chi connectivity index (χ4v) is 12.0. The molecule has 93 heavy (non-hydrogen) atoms. The first-order chi connectivity index (χ1) is 43.9. The number of benzene rings is 3. The molecule has 0 spiro atoms. The minimum atomic E-state index is -2.54. The van der Waals surface area contributed by atoms with Gasteiger partial charge in [-0.2, -0.15) is 5.10 Å². The molecular weight excluding hydrogens is 1270 g/mol. The van der Waals surface area contributed by atoms with Crippen LogP contribution >= 0.6 is 23.7 Å². The third-order valence-corrected chi connectivity index (χ3v) is 17.1. The second-order valence-corrected chi connectivity index (χ2v) is 24.0. The Morgan fingerprint density at radius 2 is 1.51 bits per heavy atom. The number of hydrogen-bond donors (Lipinski definition) is 14. The standard InChI is InChI=1S/C58H73N11O21S2.Na/c1-4-5-6-7-18-87-35-15-12-29(13-16-35)37-26-69-58(62-37)91-55(66-69)31-10-8-30(9-11-31)50(79)61-36-20-33(71)23-60-54(83)46-47(76)27(2)24-68(46)57(85)44(40(74)22-42(59)75)64-53(82)45(49(78)48(77)32-14-17-39(73)41(19-32)88-92-90-89-86)65-52(81)38-21-34(72)25-67(38)56(84)43(28(3)70)63-51(36)80;/h8-17,19,26-28,33-34,36,38,40,43-49,70-74,76-78,86H,4-7,18,20-25H2,1-3H3,(H2,59,75)(H,60,83)(H,61,79)(H,63,80)(H,64,82)(H,65,81);/q;+1/p-1/t27?,28?,33?,34?,36-,38?,40?,43?,44?,45?,46?,47?,48?,49?;/m0./s1. The molecule has 0 radical (unpaired) electrons. The number of β-amino-alcohol motifs (C(OH)–C–C–N with tert-alkyl or cyclic N) is 1. The first-order valence-corrected chi connectivity index (χ1v) is 30.8. The summed E-state index contributed by atoms with van der Waals surface area (Å²) in [4.78, 5) is 120. The van der Waals surface area contributed by atoms with Gasteiger partial charge in [-0.3, -0.25) is 43.4 Å². The topological polar surface area (TPSA) is 481 Å². The van der Waals surface area contributed by atoms with Crippen molar-refractivity contribution in [2.45, 2.75) is 145 Å². The maximum Gasteiger partial charge on any atom is 1.00 e. The van der Waals surface area contributed by atoms with E-state index in [2.05, 4.69) is 48.0 Å². The molecule has 35 heteroatoms. The molecule has 3 aliphatic heterocycles. The minimum absolute atomic E-state index is 0. The molecule has 8 amide bonds. The van der Waals surface area contributed by atoms with Crippen LogP contribution in [0.4, 0.5) is 0 Å². The number of fused-ring (bicyclic) bond motifs is 3. The zero-order valence-corrected chi connectivity index (χ0v) is 54.4. The number of nitrogens with two attached hydrogens (primary N) is 1. The molecule has 15 N–H and O–H groups in total. The number of aliphatic hydroxyl groups is 7. The van der Waals surface area contributed by atoms with Gasteiger partial charge in [-0.25, -0.2) is 9.50 Å². The van der Waals surface area contributed by atoms with Crippen molar-refractivity contribution >= 4 is 75.9 Å². The zero-order valence-electron chi connectivity index (χ0n) is 50.8. The molecule has 498 valence electrons. The fourth-order valence-electron chi connectivity index (χ4n) is 10.8. The van der Waals surface area contributed by atoms with Gasteiger partial charge in [0, 0.05) is 55.1 Å². The molecule has 5 aromatic rings. The molecule has 14 atom stereocenters. The predicted octanol–water partition coefficient (Wildman–Crippen LogP) is -5.73. The summed E-state index contributed by atoms with van der Waals surface area (Å²) in [6.45, 7) is 3.45. The van der Waals surface area contributed by atoms with E-state index < -0.39 is 183 Å². The molecule has 5 heterocycles. The van der Waals surface area contributed by atoms with Crippen molar-refractivity contribution in [2.24, 2.45) is 11.7 Å². The van der Waals surface area contributed by atoms with Crippen LogP contribution in [0.1, 0.15) is 87.7 Å².